The average molecular weight is 446 g/mol. The molecule has 8 heteroatoms. The van der Waals surface area contributed by atoms with Gasteiger partial charge in [0.2, 0.25) is 10.0 Å². The van der Waals surface area contributed by atoms with Crippen LogP contribution in [0.15, 0.2) is 47.4 Å². The van der Waals surface area contributed by atoms with Crippen molar-refractivity contribution in [3.63, 3.8) is 0 Å². The summed E-state index contributed by atoms with van der Waals surface area (Å²) >= 11 is 0. The first-order chi connectivity index (χ1) is 14.8. The van der Waals surface area contributed by atoms with Gasteiger partial charge in [0, 0.05) is 32.9 Å². The SMILES string of the molecule is Cc1cccc(OCCNC(=O)c2cc(S(=O)(=O)N(C)C)ccc2N2CCCCC2)c1. The Hall–Kier alpha value is -2.58. The summed E-state index contributed by atoms with van der Waals surface area (Å²) in [5.74, 6) is 0.451. The van der Waals surface area contributed by atoms with Crippen LogP contribution in [0.2, 0.25) is 0 Å². The predicted octanol–water partition coefficient (Wildman–Crippen LogP) is 3.04. The Bertz CT molecular complexity index is 1020. The highest BCUT2D eigenvalue weighted by atomic mass is 32.2. The number of ether oxygens (including phenoxy) is 1. The Kier molecular flexibility index (Phi) is 7.56. The normalized spacial score (nSPS) is 14.5. The van der Waals surface area contributed by atoms with Gasteiger partial charge in [0.05, 0.1) is 17.0 Å². The molecule has 1 aliphatic rings. The molecule has 0 unspecified atom stereocenters. The molecule has 1 amide bonds. The highest BCUT2D eigenvalue weighted by Crippen LogP contribution is 2.28. The van der Waals surface area contributed by atoms with Gasteiger partial charge >= 0.3 is 0 Å². The molecule has 0 atom stereocenters. The molecule has 0 saturated carbocycles. The van der Waals surface area contributed by atoms with Crippen molar-refractivity contribution in [2.75, 3.05) is 45.2 Å². The number of sulfonamides is 1. The lowest BCUT2D eigenvalue weighted by Crippen LogP contribution is -2.34. The van der Waals surface area contributed by atoms with Gasteiger partial charge in [0.1, 0.15) is 12.4 Å². The highest BCUT2D eigenvalue weighted by Gasteiger charge is 2.24. The van der Waals surface area contributed by atoms with Gasteiger partial charge in [-0.25, -0.2) is 12.7 Å². The molecular formula is C23H31N3O4S. The molecule has 0 bridgehead atoms. The summed E-state index contributed by atoms with van der Waals surface area (Å²) in [7, 11) is -0.671. The standard InChI is InChI=1S/C23H31N3O4S/c1-18-8-7-9-19(16-18)30-15-12-24-23(27)21-17-20(31(28,29)25(2)3)10-11-22(21)26-13-5-4-6-14-26/h7-11,16-17H,4-6,12-15H2,1-3H3,(H,24,27). The van der Waals surface area contributed by atoms with E-state index in [1.807, 2.05) is 31.2 Å². The minimum absolute atomic E-state index is 0.111. The monoisotopic (exact) mass is 445 g/mol. The largest absolute Gasteiger partial charge is 0.492 e. The smallest absolute Gasteiger partial charge is 0.253 e. The average Bonchev–Trinajstić information content (AvgIpc) is 2.76. The molecule has 3 rings (SSSR count). The maximum Gasteiger partial charge on any atom is 0.253 e. The van der Waals surface area contributed by atoms with Gasteiger partial charge in [-0.2, -0.15) is 0 Å². The van der Waals surface area contributed by atoms with Gasteiger partial charge < -0.3 is 15.0 Å². The van der Waals surface area contributed by atoms with Crippen molar-refractivity contribution in [2.45, 2.75) is 31.1 Å². The van der Waals surface area contributed by atoms with Crippen LogP contribution in [0.4, 0.5) is 5.69 Å². The van der Waals surface area contributed by atoms with E-state index in [4.69, 9.17) is 4.74 Å². The first-order valence-corrected chi connectivity index (χ1v) is 12.0. The van der Waals surface area contributed by atoms with Crippen LogP contribution in [0.25, 0.3) is 0 Å². The second-order valence-corrected chi connectivity index (χ2v) is 10.1. The zero-order valence-corrected chi connectivity index (χ0v) is 19.2. The molecule has 0 aromatic heterocycles. The maximum absolute atomic E-state index is 13.0. The van der Waals surface area contributed by atoms with Gasteiger partial charge in [-0.15, -0.1) is 0 Å². The Balaban J connectivity index is 1.76. The first kappa shape index (κ1) is 23.1. The van der Waals surface area contributed by atoms with E-state index in [9.17, 15) is 13.2 Å². The van der Waals surface area contributed by atoms with Crippen LogP contribution < -0.4 is 15.0 Å². The van der Waals surface area contributed by atoms with Gasteiger partial charge in [-0.05, 0) is 62.1 Å². The van der Waals surface area contributed by atoms with E-state index in [2.05, 4.69) is 10.2 Å². The van der Waals surface area contributed by atoms with Gasteiger partial charge in [-0.1, -0.05) is 12.1 Å². The van der Waals surface area contributed by atoms with Gasteiger partial charge in [0.15, 0.2) is 0 Å². The third-order valence-electron chi connectivity index (χ3n) is 5.33. The van der Waals surface area contributed by atoms with Crippen LogP contribution >= 0.6 is 0 Å². The van der Waals surface area contributed by atoms with E-state index in [1.54, 1.807) is 12.1 Å². The molecule has 0 aliphatic carbocycles. The zero-order valence-electron chi connectivity index (χ0n) is 18.4. The van der Waals surface area contributed by atoms with Crippen LogP contribution in [0, 0.1) is 6.92 Å². The van der Waals surface area contributed by atoms with E-state index in [-0.39, 0.29) is 10.8 Å². The van der Waals surface area contributed by atoms with E-state index in [0.717, 1.165) is 47.2 Å². The maximum atomic E-state index is 13.0. The molecule has 1 fully saturated rings. The third-order valence-corrected chi connectivity index (χ3v) is 7.14. The van der Waals surface area contributed by atoms with Crippen molar-refractivity contribution >= 4 is 21.6 Å². The van der Waals surface area contributed by atoms with Gasteiger partial charge in [-0.3, -0.25) is 4.79 Å². The summed E-state index contributed by atoms with van der Waals surface area (Å²) in [5.41, 5.74) is 2.25. The quantitative estimate of drug-likeness (QED) is 0.632. The van der Waals surface area contributed by atoms with E-state index in [1.165, 1.54) is 26.6 Å². The molecule has 0 spiro atoms. The Morgan fingerprint density at radius 3 is 2.52 bits per heavy atom. The molecule has 31 heavy (non-hydrogen) atoms. The second kappa shape index (κ2) is 10.2. The fourth-order valence-corrected chi connectivity index (χ4v) is 4.54. The number of nitrogens with one attached hydrogen (secondary N) is 1. The van der Waals surface area contributed by atoms with Crippen molar-refractivity contribution in [1.82, 2.24) is 9.62 Å². The van der Waals surface area contributed by atoms with Crippen LogP contribution in [0.5, 0.6) is 5.75 Å². The fourth-order valence-electron chi connectivity index (χ4n) is 3.61. The Labute approximate surface area is 185 Å². The molecule has 168 valence electrons. The third kappa shape index (κ3) is 5.77. The summed E-state index contributed by atoms with van der Waals surface area (Å²) in [6, 6.07) is 12.5. The molecule has 0 radical (unpaired) electrons. The van der Waals surface area contributed by atoms with Crippen LogP contribution in [0.1, 0.15) is 35.2 Å². The summed E-state index contributed by atoms with van der Waals surface area (Å²) in [4.78, 5) is 15.3. The molecule has 1 heterocycles. The Morgan fingerprint density at radius 2 is 1.84 bits per heavy atom. The van der Waals surface area contributed by atoms with E-state index >= 15 is 0 Å². The summed E-state index contributed by atoms with van der Waals surface area (Å²) in [5, 5.41) is 2.87. The molecule has 1 saturated heterocycles. The van der Waals surface area contributed by atoms with Gasteiger partial charge in [0.25, 0.3) is 5.91 Å². The van der Waals surface area contributed by atoms with Crippen molar-refractivity contribution in [1.29, 1.82) is 0 Å². The lowest BCUT2D eigenvalue weighted by atomic mass is 10.1. The minimum atomic E-state index is -3.64. The zero-order chi connectivity index (χ0) is 22.4. The molecular weight excluding hydrogens is 414 g/mol. The number of nitrogens with zero attached hydrogens (tertiary/aromatic N) is 2. The number of carbonyl (C=O) groups excluding carboxylic acids is 1. The van der Waals surface area contributed by atoms with E-state index in [0.29, 0.717) is 18.7 Å². The second-order valence-electron chi connectivity index (χ2n) is 7.93. The number of hydrogen-bond acceptors (Lipinski definition) is 5. The van der Waals surface area contributed by atoms with Crippen LogP contribution in [-0.4, -0.2) is 59.0 Å². The number of hydrogen-bond donors (Lipinski definition) is 1. The molecule has 2 aromatic carbocycles. The molecule has 1 aliphatic heterocycles. The summed E-state index contributed by atoms with van der Waals surface area (Å²) in [6.07, 6.45) is 3.29. The fraction of sp³-hybridized carbons (Fsp3) is 0.435. The highest BCUT2D eigenvalue weighted by molar-refractivity contribution is 7.89. The minimum Gasteiger partial charge on any atom is -0.492 e. The van der Waals surface area contributed by atoms with Crippen molar-refractivity contribution in [2.24, 2.45) is 0 Å². The van der Waals surface area contributed by atoms with Crippen molar-refractivity contribution in [3.8, 4) is 5.75 Å². The number of piperidine rings is 1. The topological polar surface area (TPSA) is 78.9 Å². The first-order valence-electron chi connectivity index (χ1n) is 10.6. The van der Waals surface area contributed by atoms with Crippen molar-refractivity contribution in [3.05, 3.63) is 53.6 Å². The Morgan fingerprint density at radius 1 is 1.10 bits per heavy atom. The van der Waals surface area contributed by atoms with E-state index < -0.39 is 10.0 Å². The number of rotatable bonds is 8. The lowest BCUT2D eigenvalue weighted by molar-refractivity contribution is 0.0947. The number of anilines is 1. The number of aryl methyl sites for hydroxylation is 1. The molecule has 2 aromatic rings. The number of amides is 1. The van der Waals surface area contributed by atoms with Crippen LogP contribution in [-0.2, 0) is 10.0 Å². The summed E-state index contributed by atoms with van der Waals surface area (Å²) in [6.45, 7) is 4.35. The molecule has 7 nitrogen and oxygen atoms in total. The summed E-state index contributed by atoms with van der Waals surface area (Å²) < 4.78 is 32.1. The van der Waals surface area contributed by atoms with Crippen LogP contribution in [0.3, 0.4) is 0 Å². The van der Waals surface area contributed by atoms with Crippen molar-refractivity contribution < 1.29 is 17.9 Å². The number of carbonyl (C=O) groups is 1. The molecule has 1 N–H and O–H groups in total. The number of benzene rings is 2. The predicted molar refractivity (Wildman–Crippen MR) is 122 cm³/mol. The lowest BCUT2D eigenvalue weighted by Gasteiger charge is -2.30.